The Morgan fingerprint density at radius 2 is 0.806 bits per heavy atom. The third-order valence-electron chi connectivity index (χ3n) is 7.42. The van der Waals surface area contributed by atoms with Gasteiger partial charge in [-0.25, -0.2) is 0 Å². The zero-order valence-electron chi connectivity index (χ0n) is 24.8. The van der Waals surface area contributed by atoms with Crippen LogP contribution in [0, 0.1) is 0 Å². The van der Waals surface area contributed by atoms with E-state index in [1.54, 1.807) is 0 Å². The predicted octanol–water partition coefficient (Wildman–Crippen LogP) is 8.45. The third-order valence-corrected chi connectivity index (χ3v) is 12.5. The van der Waals surface area contributed by atoms with Crippen LogP contribution < -0.4 is 5.50 Å². The van der Waals surface area contributed by atoms with E-state index in [1.165, 1.54) is 116 Å². The molecule has 0 rings (SSSR count). The molecule has 0 aromatic heterocycles. The van der Waals surface area contributed by atoms with Gasteiger partial charge in [-0.2, -0.15) is 0 Å². The van der Waals surface area contributed by atoms with Crippen LogP contribution in [0.4, 0.5) is 0 Å². The molecule has 3 N–H and O–H groups in total. The molecule has 36 heavy (non-hydrogen) atoms. The summed E-state index contributed by atoms with van der Waals surface area (Å²) in [7, 11) is 0. The molecule has 0 saturated carbocycles. The summed E-state index contributed by atoms with van der Waals surface area (Å²) in [4.78, 5) is 0. The maximum absolute atomic E-state index is 8.82. The quantitative estimate of drug-likeness (QED) is 0.0713. The Bertz CT molecular complexity index is 409. The zero-order chi connectivity index (χ0) is 26.7. The molecule has 6 heteroatoms. The van der Waals surface area contributed by atoms with Crippen LogP contribution in [0.5, 0.6) is 0 Å². The number of rotatable bonds is 30. The number of unbranched alkanes of at least 4 members (excludes halogenated alkanes) is 15. The second kappa shape index (κ2) is 25.5. The Kier molecular flexibility index (Phi) is 25.7. The molecule has 0 amide bonds. The first kappa shape index (κ1) is 36.2. The fraction of sp³-hybridized carbons (Fsp3) is 1.00. The van der Waals surface area contributed by atoms with Crippen molar-refractivity contribution in [1.29, 1.82) is 0 Å². The van der Waals surface area contributed by atoms with Crippen molar-refractivity contribution in [3.8, 4) is 0 Å². The van der Waals surface area contributed by atoms with E-state index in [0.29, 0.717) is 33.0 Å². The summed E-state index contributed by atoms with van der Waals surface area (Å²) in [6, 6.07) is 0. The number of aliphatic hydroxyl groups is 1. The summed E-state index contributed by atoms with van der Waals surface area (Å²) >= 11 is 0. The first-order valence-electron chi connectivity index (χ1n) is 15.8. The van der Waals surface area contributed by atoms with E-state index < -0.39 is 6.98 Å². The molecule has 5 nitrogen and oxygen atoms in total. The Labute approximate surface area is 226 Å². The van der Waals surface area contributed by atoms with Crippen molar-refractivity contribution in [3.05, 3.63) is 0 Å². The van der Waals surface area contributed by atoms with Gasteiger partial charge in [-0.15, -0.1) is 0 Å². The first-order chi connectivity index (χ1) is 17.5. The van der Waals surface area contributed by atoms with Gasteiger partial charge < -0.3 is 0 Å². The molecule has 0 heterocycles. The van der Waals surface area contributed by atoms with Gasteiger partial charge in [0.05, 0.1) is 0 Å². The zero-order valence-corrected chi connectivity index (χ0v) is 25.7. The van der Waals surface area contributed by atoms with Gasteiger partial charge in [0.15, 0.2) is 0 Å². The topological polar surface area (TPSA) is 73.9 Å². The Morgan fingerprint density at radius 3 is 1.19 bits per heavy atom. The van der Waals surface area contributed by atoms with Gasteiger partial charge in [-0.05, 0) is 0 Å². The monoisotopic (exact) mass is 535 g/mol. The number of hydrogen-bond acceptors (Lipinski definition) is 5. The Morgan fingerprint density at radius 1 is 0.472 bits per heavy atom. The van der Waals surface area contributed by atoms with Crippen LogP contribution in [0.1, 0.15) is 136 Å². The van der Waals surface area contributed by atoms with Gasteiger partial charge in [0.25, 0.3) is 0 Å². The molecule has 0 radical (unpaired) electrons. The van der Waals surface area contributed by atoms with Crippen molar-refractivity contribution in [2.24, 2.45) is 5.50 Å². The molecule has 0 unspecified atom stereocenters. The number of hydrogen-bond donors (Lipinski definition) is 2. The van der Waals surface area contributed by atoms with Crippen LogP contribution in [0.25, 0.3) is 0 Å². The number of aliphatic hydroxyl groups excluding tert-OH is 1. The summed E-state index contributed by atoms with van der Waals surface area (Å²) in [5, 5.41) is 8.82. The molecular weight excluding hydrogens is 469 g/mol. The molecular formula is C30H66NO4P. The van der Waals surface area contributed by atoms with Crippen molar-refractivity contribution in [1.82, 2.24) is 0 Å². The number of nitrogens with two attached hydrogens (primary N) is 1. The van der Waals surface area contributed by atoms with Crippen LogP contribution in [0.15, 0.2) is 0 Å². The van der Waals surface area contributed by atoms with Crippen molar-refractivity contribution in [2.45, 2.75) is 136 Å². The van der Waals surface area contributed by atoms with Gasteiger partial charge in [-0.1, -0.05) is 0 Å². The van der Waals surface area contributed by atoms with E-state index in [1.807, 2.05) is 0 Å². The Balaban J connectivity index is 4.98. The maximum atomic E-state index is 8.82. The van der Waals surface area contributed by atoms with Gasteiger partial charge in [0, 0.05) is 0 Å². The van der Waals surface area contributed by atoms with E-state index in [9.17, 15) is 0 Å². The fourth-order valence-corrected chi connectivity index (χ4v) is 9.65. The van der Waals surface area contributed by atoms with Crippen molar-refractivity contribution < 1.29 is 19.1 Å². The molecule has 0 fully saturated rings. The SMILES string of the molecule is CCCCCCCCP(N)(CCCCCCCC)(CCCCCCCC)OCCOCCOCCO. The van der Waals surface area contributed by atoms with Gasteiger partial charge >= 0.3 is 226 Å². The normalized spacial score (nSPS) is 13.2. The predicted molar refractivity (Wildman–Crippen MR) is 161 cm³/mol. The second-order valence-electron chi connectivity index (χ2n) is 11.0. The van der Waals surface area contributed by atoms with Crippen molar-refractivity contribution in [3.63, 3.8) is 0 Å². The molecule has 0 saturated heterocycles. The molecule has 0 bridgehead atoms. The average molecular weight is 536 g/mol. The molecule has 0 aliphatic carbocycles. The van der Waals surface area contributed by atoms with E-state index in [2.05, 4.69) is 20.8 Å². The Hall–Kier alpha value is 0.230. The molecule has 0 spiro atoms. The molecule has 0 aromatic carbocycles. The van der Waals surface area contributed by atoms with Crippen molar-refractivity contribution >= 4 is 6.98 Å². The first-order valence-corrected chi connectivity index (χ1v) is 18.5. The van der Waals surface area contributed by atoms with Crippen LogP contribution in [0.2, 0.25) is 0 Å². The van der Waals surface area contributed by atoms with Crippen LogP contribution in [0.3, 0.4) is 0 Å². The van der Waals surface area contributed by atoms with Gasteiger partial charge in [0.1, 0.15) is 0 Å². The van der Waals surface area contributed by atoms with Crippen LogP contribution in [-0.4, -0.2) is 63.2 Å². The molecule has 0 aliphatic heterocycles. The van der Waals surface area contributed by atoms with E-state index in [-0.39, 0.29) is 6.61 Å². The number of ether oxygens (including phenoxy) is 2. The second-order valence-corrected chi connectivity index (χ2v) is 16.0. The summed E-state index contributed by atoms with van der Waals surface area (Å²) < 4.78 is 17.9. The van der Waals surface area contributed by atoms with Gasteiger partial charge in [-0.3, -0.25) is 0 Å². The molecule has 0 aliphatic rings. The van der Waals surface area contributed by atoms with Crippen LogP contribution in [-0.2, 0) is 14.0 Å². The summed E-state index contributed by atoms with van der Waals surface area (Å²) in [5.74, 6) is 0. The fourth-order valence-electron chi connectivity index (χ4n) is 5.07. The standard InChI is InChI=1S/C30H66NO4P/c1-4-7-10-13-16-19-28-36(31,29-20-17-14-11-8-5-2,30-21-18-15-12-9-6-3)35-27-26-34-25-24-33-23-22-32/h32H,4-31H2,1-3H3. The minimum absolute atomic E-state index is 0.0558. The van der Waals surface area contributed by atoms with Crippen molar-refractivity contribution in [2.75, 3.05) is 58.1 Å². The van der Waals surface area contributed by atoms with Crippen LogP contribution >= 0.6 is 6.98 Å². The van der Waals surface area contributed by atoms with E-state index >= 15 is 0 Å². The van der Waals surface area contributed by atoms with E-state index in [0.717, 1.165) is 18.5 Å². The summed E-state index contributed by atoms with van der Waals surface area (Å²) in [6.45, 7) is 6.76. The van der Waals surface area contributed by atoms with E-state index in [4.69, 9.17) is 24.6 Å². The average Bonchev–Trinajstić information content (AvgIpc) is 2.88. The molecule has 0 atom stereocenters. The minimum atomic E-state index is -2.72. The molecule has 220 valence electrons. The summed E-state index contributed by atoms with van der Waals surface area (Å²) in [6.07, 6.45) is 26.6. The van der Waals surface area contributed by atoms with Gasteiger partial charge in [0.2, 0.25) is 0 Å². The third kappa shape index (κ3) is 21.2. The molecule has 0 aromatic rings. The summed E-state index contributed by atoms with van der Waals surface area (Å²) in [5.41, 5.74) is 7.53.